The first-order valence-electron chi connectivity index (χ1n) is 7.68. The molecule has 2 aliphatic rings. The minimum atomic E-state index is 0.113. The number of ketones is 1. The number of halogens is 2. The molecule has 22 heavy (non-hydrogen) atoms. The van der Waals surface area contributed by atoms with E-state index < -0.39 is 0 Å². The number of allylic oxidation sites excluding steroid dienone is 4. The van der Waals surface area contributed by atoms with Gasteiger partial charge in [-0.25, -0.2) is 0 Å². The maximum absolute atomic E-state index is 10.5. The van der Waals surface area contributed by atoms with Gasteiger partial charge in [-0.1, -0.05) is 19.1 Å². The van der Waals surface area contributed by atoms with E-state index in [2.05, 4.69) is 11.9 Å². The van der Waals surface area contributed by atoms with Crippen molar-refractivity contribution in [2.75, 3.05) is 18.8 Å². The molecule has 0 N–H and O–H groups in total. The van der Waals surface area contributed by atoms with Crippen molar-refractivity contribution in [3.63, 3.8) is 0 Å². The van der Waals surface area contributed by atoms with Crippen molar-refractivity contribution in [1.29, 1.82) is 5.26 Å². The lowest BCUT2D eigenvalue weighted by Gasteiger charge is -2.22. The van der Waals surface area contributed by atoms with Crippen LogP contribution in [0.3, 0.4) is 0 Å². The van der Waals surface area contributed by atoms with Crippen molar-refractivity contribution in [1.82, 2.24) is 4.90 Å². The van der Waals surface area contributed by atoms with Crippen LogP contribution in [0.25, 0.3) is 0 Å². The molecule has 2 atom stereocenters. The van der Waals surface area contributed by atoms with Crippen LogP contribution in [0, 0.1) is 11.3 Å². The molecule has 0 bridgehead atoms. The highest BCUT2D eigenvalue weighted by molar-refractivity contribution is 6.18. The van der Waals surface area contributed by atoms with Crippen LogP contribution < -0.4 is 0 Å². The number of hydrogen-bond acceptors (Lipinski definition) is 3. The average molecular weight is 345 g/mol. The Labute approximate surface area is 144 Å². The van der Waals surface area contributed by atoms with E-state index in [-0.39, 0.29) is 5.78 Å². The largest absolute Gasteiger partial charge is 0.298 e. The predicted molar refractivity (Wildman–Crippen MR) is 94.4 cm³/mol. The van der Waals surface area contributed by atoms with Crippen molar-refractivity contribution in [2.24, 2.45) is 0 Å². The number of carbonyl (C=O) groups excluding carboxylic acids is 1. The second kappa shape index (κ2) is 13.8. The van der Waals surface area contributed by atoms with E-state index in [9.17, 15) is 4.79 Å². The Morgan fingerprint density at radius 2 is 1.59 bits per heavy atom. The molecule has 2 unspecified atom stereocenters. The van der Waals surface area contributed by atoms with Crippen molar-refractivity contribution in [3.05, 3.63) is 24.3 Å². The van der Waals surface area contributed by atoms with E-state index in [0.717, 1.165) is 24.6 Å². The van der Waals surface area contributed by atoms with Crippen molar-refractivity contribution in [2.45, 2.75) is 51.1 Å². The Morgan fingerprint density at radius 1 is 1.18 bits per heavy atom. The van der Waals surface area contributed by atoms with E-state index in [4.69, 9.17) is 28.5 Å². The summed E-state index contributed by atoms with van der Waals surface area (Å²) in [6, 6.07) is 3.05. The number of rotatable bonds is 2. The Bertz CT molecular complexity index is 374. The van der Waals surface area contributed by atoms with Gasteiger partial charge in [-0.2, -0.15) is 5.26 Å². The van der Waals surface area contributed by atoms with Crippen molar-refractivity contribution >= 4 is 29.0 Å². The number of likely N-dealkylation sites (tertiary alicyclic amines) is 1. The third-order valence-corrected chi connectivity index (χ3v) is 4.28. The summed E-state index contributed by atoms with van der Waals surface area (Å²) in [6.45, 7) is 1.82. The molecule has 3 nitrogen and oxygen atoms in total. The highest BCUT2D eigenvalue weighted by Gasteiger charge is 2.28. The molecule has 1 heterocycles. The highest BCUT2D eigenvalue weighted by Crippen LogP contribution is 2.23. The van der Waals surface area contributed by atoms with Gasteiger partial charge in [0.05, 0.1) is 6.07 Å². The van der Waals surface area contributed by atoms with Crippen LogP contribution in [0.4, 0.5) is 0 Å². The van der Waals surface area contributed by atoms with Gasteiger partial charge >= 0.3 is 0 Å². The summed E-state index contributed by atoms with van der Waals surface area (Å²) in [4.78, 5) is 12.8. The van der Waals surface area contributed by atoms with E-state index in [1.807, 2.05) is 25.1 Å². The first-order valence-corrected chi connectivity index (χ1v) is 8.75. The zero-order valence-electron chi connectivity index (χ0n) is 13.5. The van der Waals surface area contributed by atoms with E-state index in [1.165, 1.54) is 12.8 Å². The van der Waals surface area contributed by atoms with Crippen LogP contribution in [0.15, 0.2) is 24.3 Å². The van der Waals surface area contributed by atoms with E-state index in [1.54, 1.807) is 12.2 Å². The molecular formula is C17H26Cl2N2O. The second-order valence-electron chi connectivity index (χ2n) is 5.16. The Morgan fingerprint density at radius 3 is 1.86 bits per heavy atom. The predicted octanol–water partition coefficient (Wildman–Crippen LogP) is 4.31. The van der Waals surface area contributed by atoms with Gasteiger partial charge in [0, 0.05) is 30.3 Å². The van der Waals surface area contributed by atoms with Crippen LogP contribution in [0.5, 0.6) is 0 Å². The van der Waals surface area contributed by atoms with Gasteiger partial charge in [-0.05, 0) is 44.9 Å². The number of nitriles is 1. The summed E-state index contributed by atoms with van der Waals surface area (Å²) in [5, 5.41) is 7.62. The Balaban J connectivity index is 0.000000330. The van der Waals surface area contributed by atoms with Gasteiger partial charge in [0.25, 0.3) is 0 Å². The van der Waals surface area contributed by atoms with E-state index >= 15 is 0 Å². The SMILES string of the molecule is CCC#N.CN1C(CCl)CCC1CCl.O=C1C=CCCC=C1. The summed E-state index contributed by atoms with van der Waals surface area (Å²) in [5.74, 6) is 1.59. The summed E-state index contributed by atoms with van der Waals surface area (Å²) in [6.07, 6.45) is 12.1. The number of nitrogens with zero attached hydrogens (tertiary/aromatic N) is 2. The fraction of sp³-hybridized carbons (Fsp3) is 0.647. The summed E-state index contributed by atoms with van der Waals surface area (Å²) >= 11 is 11.5. The molecule has 0 saturated carbocycles. The average Bonchev–Trinajstić information content (AvgIpc) is 2.73. The monoisotopic (exact) mass is 344 g/mol. The van der Waals surface area contributed by atoms with Crippen LogP contribution in [-0.4, -0.2) is 41.6 Å². The molecular weight excluding hydrogens is 319 g/mol. The number of hydrogen-bond donors (Lipinski definition) is 0. The Hall–Kier alpha value is -0.820. The van der Waals surface area contributed by atoms with Crippen LogP contribution in [-0.2, 0) is 4.79 Å². The third-order valence-electron chi connectivity index (χ3n) is 3.56. The molecule has 1 saturated heterocycles. The fourth-order valence-corrected chi connectivity index (χ4v) is 2.85. The van der Waals surface area contributed by atoms with Gasteiger partial charge in [0.15, 0.2) is 5.78 Å². The van der Waals surface area contributed by atoms with Crippen LogP contribution in [0.2, 0.25) is 0 Å². The normalized spacial score (nSPS) is 23.7. The topological polar surface area (TPSA) is 44.1 Å². The lowest BCUT2D eigenvalue weighted by atomic mass is 10.2. The first kappa shape index (κ1) is 21.2. The summed E-state index contributed by atoms with van der Waals surface area (Å²) in [5.41, 5.74) is 0. The zero-order chi connectivity index (χ0) is 16.8. The van der Waals surface area contributed by atoms with Gasteiger partial charge in [0.1, 0.15) is 0 Å². The fourth-order valence-electron chi connectivity index (χ4n) is 2.11. The lowest BCUT2D eigenvalue weighted by molar-refractivity contribution is -0.110. The maximum Gasteiger partial charge on any atom is 0.177 e. The molecule has 1 aliphatic heterocycles. The van der Waals surface area contributed by atoms with Gasteiger partial charge < -0.3 is 0 Å². The van der Waals surface area contributed by atoms with Crippen molar-refractivity contribution in [3.8, 4) is 6.07 Å². The second-order valence-corrected chi connectivity index (χ2v) is 5.77. The van der Waals surface area contributed by atoms with Gasteiger partial charge in [-0.15, -0.1) is 23.2 Å². The van der Waals surface area contributed by atoms with E-state index in [0.29, 0.717) is 18.5 Å². The smallest absolute Gasteiger partial charge is 0.177 e. The molecule has 0 aromatic rings. The van der Waals surface area contributed by atoms with Gasteiger partial charge in [-0.3, -0.25) is 9.69 Å². The zero-order valence-corrected chi connectivity index (χ0v) is 15.0. The summed E-state index contributed by atoms with van der Waals surface area (Å²) < 4.78 is 0. The maximum atomic E-state index is 10.5. The standard InChI is InChI=1S/C7H13Cl2N.C7H8O.C3H5N/c1-10-6(4-8)2-3-7(10)5-9;8-7-5-3-1-2-4-6-7;1-2-3-4/h6-7H,2-5H2,1H3;3-6H,1-2H2;2H2,1H3. The molecule has 1 fully saturated rings. The molecule has 0 radical (unpaired) electrons. The highest BCUT2D eigenvalue weighted by atomic mass is 35.5. The van der Waals surface area contributed by atoms with Crippen molar-refractivity contribution < 1.29 is 4.79 Å². The minimum Gasteiger partial charge on any atom is -0.298 e. The summed E-state index contributed by atoms with van der Waals surface area (Å²) in [7, 11) is 2.10. The van der Waals surface area contributed by atoms with Gasteiger partial charge in [0.2, 0.25) is 0 Å². The number of carbonyl (C=O) groups is 1. The first-order chi connectivity index (χ1) is 10.6. The Kier molecular flexibility index (Phi) is 13.3. The molecule has 0 spiro atoms. The number of alkyl halides is 2. The molecule has 5 heteroatoms. The molecule has 2 rings (SSSR count). The van der Waals surface area contributed by atoms with Crippen LogP contribution in [0.1, 0.15) is 39.0 Å². The third kappa shape index (κ3) is 9.25. The molecule has 0 aromatic heterocycles. The molecule has 0 amide bonds. The molecule has 1 aliphatic carbocycles. The van der Waals surface area contributed by atoms with Crippen LogP contribution >= 0.6 is 23.2 Å². The lowest BCUT2D eigenvalue weighted by Crippen LogP contribution is -2.34. The molecule has 0 aromatic carbocycles. The molecule has 124 valence electrons. The minimum absolute atomic E-state index is 0.113. The quantitative estimate of drug-likeness (QED) is 0.701.